The number of fused-ring (bicyclic) bond motifs is 1. The lowest BCUT2D eigenvalue weighted by molar-refractivity contribution is -0.131. The van der Waals surface area contributed by atoms with E-state index in [0.29, 0.717) is 5.75 Å². The van der Waals surface area contributed by atoms with E-state index in [0.717, 1.165) is 10.9 Å². The zero-order valence-electron chi connectivity index (χ0n) is 9.06. The molecular weight excluding hydrogens is 206 g/mol. The predicted molar refractivity (Wildman–Crippen MR) is 59.5 cm³/mol. The number of benzene rings is 1. The van der Waals surface area contributed by atoms with Crippen molar-refractivity contribution in [2.45, 2.75) is 13.8 Å². The molecule has 0 radical (unpaired) electrons. The van der Waals surface area contributed by atoms with Gasteiger partial charge in [0.15, 0.2) is 0 Å². The van der Waals surface area contributed by atoms with Gasteiger partial charge in [-0.25, -0.2) is 0 Å². The van der Waals surface area contributed by atoms with E-state index in [1.165, 1.54) is 18.4 Å². The molecule has 2 aromatic rings. The van der Waals surface area contributed by atoms with Gasteiger partial charge in [0, 0.05) is 31.5 Å². The zero-order valence-corrected chi connectivity index (χ0v) is 9.06. The number of carbonyl (C=O) groups excluding carboxylic acids is 2. The van der Waals surface area contributed by atoms with Crippen LogP contribution >= 0.6 is 0 Å². The lowest BCUT2D eigenvalue weighted by atomic mass is 10.2. The number of hydrogen-bond donors (Lipinski definition) is 0. The molecule has 4 heteroatoms. The highest BCUT2D eigenvalue weighted by Gasteiger charge is 2.06. The first-order valence-electron chi connectivity index (χ1n) is 4.88. The van der Waals surface area contributed by atoms with Gasteiger partial charge >= 0.3 is 5.97 Å². The average molecular weight is 217 g/mol. The van der Waals surface area contributed by atoms with Crippen LogP contribution in [0.5, 0.6) is 5.75 Å². The van der Waals surface area contributed by atoms with E-state index < -0.39 is 0 Å². The normalized spacial score (nSPS) is 10.4. The lowest BCUT2D eigenvalue weighted by Gasteiger charge is -2.03. The third-order valence-electron chi connectivity index (χ3n) is 2.27. The van der Waals surface area contributed by atoms with Crippen molar-refractivity contribution in [3.05, 3.63) is 30.5 Å². The minimum atomic E-state index is -0.375. The molecular formula is C12H11NO3. The Kier molecular flexibility index (Phi) is 2.48. The van der Waals surface area contributed by atoms with Gasteiger partial charge in [-0.3, -0.25) is 14.2 Å². The summed E-state index contributed by atoms with van der Waals surface area (Å²) in [6, 6.07) is 7.04. The Balaban J connectivity index is 2.54. The van der Waals surface area contributed by atoms with Gasteiger partial charge in [0.05, 0.1) is 5.52 Å². The fourth-order valence-corrected chi connectivity index (χ4v) is 1.61. The average Bonchev–Trinajstić information content (AvgIpc) is 2.59. The number of ether oxygens (including phenoxy) is 1. The van der Waals surface area contributed by atoms with Crippen LogP contribution in [-0.4, -0.2) is 16.4 Å². The molecule has 0 saturated carbocycles. The van der Waals surface area contributed by atoms with E-state index in [2.05, 4.69) is 0 Å². The van der Waals surface area contributed by atoms with E-state index in [-0.39, 0.29) is 11.9 Å². The molecule has 1 aromatic carbocycles. The SMILES string of the molecule is CC(=O)Oc1ccc2ccn(C(C)=O)c2c1. The molecule has 82 valence electrons. The monoisotopic (exact) mass is 217 g/mol. The maximum Gasteiger partial charge on any atom is 0.308 e. The first kappa shape index (κ1) is 10.4. The molecule has 0 N–H and O–H groups in total. The second-order valence-electron chi connectivity index (χ2n) is 3.52. The van der Waals surface area contributed by atoms with Crippen LogP contribution in [0.1, 0.15) is 18.6 Å². The highest BCUT2D eigenvalue weighted by molar-refractivity contribution is 5.92. The van der Waals surface area contributed by atoms with Crippen molar-refractivity contribution in [1.29, 1.82) is 0 Å². The Morgan fingerprint density at radius 2 is 1.94 bits per heavy atom. The standard InChI is InChI=1S/C12H11NO3/c1-8(14)13-6-5-10-3-4-11(7-12(10)13)16-9(2)15/h3-7H,1-2H3. The first-order chi connectivity index (χ1) is 7.58. The summed E-state index contributed by atoms with van der Waals surface area (Å²) >= 11 is 0. The minimum Gasteiger partial charge on any atom is -0.427 e. The second kappa shape index (κ2) is 3.81. The molecule has 0 unspecified atom stereocenters. The molecule has 0 spiro atoms. The fourth-order valence-electron chi connectivity index (χ4n) is 1.61. The third kappa shape index (κ3) is 1.82. The van der Waals surface area contributed by atoms with Crippen LogP contribution in [0.15, 0.2) is 30.5 Å². The topological polar surface area (TPSA) is 48.3 Å². The highest BCUT2D eigenvalue weighted by atomic mass is 16.5. The largest absolute Gasteiger partial charge is 0.427 e. The van der Waals surface area contributed by atoms with Gasteiger partial charge in [-0.2, -0.15) is 0 Å². The fraction of sp³-hybridized carbons (Fsp3) is 0.167. The molecule has 0 bridgehead atoms. The van der Waals surface area contributed by atoms with Crippen molar-refractivity contribution < 1.29 is 14.3 Å². The van der Waals surface area contributed by atoms with Crippen LogP contribution in [0.2, 0.25) is 0 Å². The molecule has 0 atom stereocenters. The second-order valence-corrected chi connectivity index (χ2v) is 3.52. The number of esters is 1. The summed E-state index contributed by atoms with van der Waals surface area (Å²) in [6.45, 7) is 2.83. The summed E-state index contributed by atoms with van der Waals surface area (Å²) in [5.41, 5.74) is 0.742. The van der Waals surface area contributed by atoms with Crippen LogP contribution in [0, 0.1) is 0 Å². The van der Waals surface area contributed by atoms with Gasteiger partial charge in [-0.1, -0.05) is 0 Å². The summed E-state index contributed by atoms with van der Waals surface area (Å²) in [4.78, 5) is 22.1. The van der Waals surface area contributed by atoms with E-state index in [4.69, 9.17) is 4.74 Å². The van der Waals surface area contributed by atoms with Gasteiger partial charge in [0.1, 0.15) is 5.75 Å². The molecule has 0 amide bonds. The van der Waals surface area contributed by atoms with Crippen molar-refractivity contribution >= 4 is 22.8 Å². The van der Waals surface area contributed by atoms with Crippen molar-refractivity contribution in [2.75, 3.05) is 0 Å². The van der Waals surface area contributed by atoms with Crippen molar-refractivity contribution in [3.8, 4) is 5.75 Å². The summed E-state index contributed by atoms with van der Waals surface area (Å²) in [5.74, 6) is -0.00328. The van der Waals surface area contributed by atoms with Crippen LogP contribution in [-0.2, 0) is 4.79 Å². The van der Waals surface area contributed by atoms with E-state index >= 15 is 0 Å². The number of nitrogens with zero attached hydrogens (tertiary/aromatic N) is 1. The Morgan fingerprint density at radius 3 is 2.56 bits per heavy atom. The molecule has 0 aliphatic heterocycles. The molecule has 0 aliphatic carbocycles. The molecule has 2 rings (SSSR count). The number of rotatable bonds is 1. The Hall–Kier alpha value is -2.10. The molecule has 1 aromatic heterocycles. The quantitative estimate of drug-likeness (QED) is 0.543. The highest BCUT2D eigenvalue weighted by Crippen LogP contribution is 2.22. The lowest BCUT2D eigenvalue weighted by Crippen LogP contribution is -2.04. The van der Waals surface area contributed by atoms with Crippen LogP contribution in [0.4, 0.5) is 0 Å². The summed E-state index contributed by atoms with van der Waals surface area (Å²) in [5, 5.41) is 0.936. The van der Waals surface area contributed by atoms with Crippen LogP contribution in [0.25, 0.3) is 10.9 Å². The Morgan fingerprint density at radius 1 is 1.19 bits per heavy atom. The minimum absolute atomic E-state index is 0.0741. The van der Waals surface area contributed by atoms with Gasteiger partial charge in [-0.05, 0) is 18.2 Å². The smallest absolute Gasteiger partial charge is 0.308 e. The molecule has 1 heterocycles. The maximum atomic E-state index is 11.3. The van der Waals surface area contributed by atoms with Gasteiger partial charge < -0.3 is 4.74 Å². The number of aromatic nitrogens is 1. The van der Waals surface area contributed by atoms with Crippen LogP contribution in [0.3, 0.4) is 0 Å². The Bertz CT molecular complexity index is 569. The van der Waals surface area contributed by atoms with Crippen molar-refractivity contribution in [2.24, 2.45) is 0 Å². The van der Waals surface area contributed by atoms with Gasteiger partial charge in [-0.15, -0.1) is 0 Å². The Labute approximate surface area is 92.4 Å². The number of hydrogen-bond acceptors (Lipinski definition) is 3. The summed E-state index contributed by atoms with van der Waals surface area (Å²) in [6.07, 6.45) is 1.70. The molecule has 0 aliphatic rings. The third-order valence-corrected chi connectivity index (χ3v) is 2.27. The molecule has 4 nitrogen and oxygen atoms in total. The van der Waals surface area contributed by atoms with E-state index in [1.807, 2.05) is 12.1 Å². The molecule has 16 heavy (non-hydrogen) atoms. The predicted octanol–water partition coefficient (Wildman–Crippen LogP) is 2.23. The van der Waals surface area contributed by atoms with Crippen LogP contribution < -0.4 is 4.74 Å². The van der Waals surface area contributed by atoms with E-state index in [1.54, 1.807) is 18.3 Å². The zero-order chi connectivity index (χ0) is 11.7. The van der Waals surface area contributed by atoms with Gasteiger partial charge in [0.2, 0.25) is 5.91 Å². The first-order valence-corrected chi connectivity index (χ1v) is 4.88. The van der Waals surface area contributed by atoms with E-state index in [9.17, 15) is 9.59 Å². The molecule has 0 fully saturated rings. The maximum absolute atomic E-state index is 11.3. The summed E-state index contributed by atoms with van der Waals surface area (Å²) in [7, 11) is 0. The van der Waals surface area contributed by atoms with Crippen molar-refractivity contribution in [1.82, 2.24) is 4.57 Å². The molecule has 0 saturated heterocycles. The number of carbonyl (C=O) groups is 2. The van der Waals surface area contributed by atoms with Gasteiger partial charge in [0.25, 0.3) is 0 Å². The summed E-state index contributed by atoms with van der Waals surface area (Å²) < 4.78 is 6.48. The van der Waals surface area contributed by atoms with Crippen molar-refractivity contribution in [3.63, 3.8) is 0 Å².